The van der Waals surface area contributed by atoms with Crippen molar-refractivity contribution >= 4 is 82.1 Å². The van der Waals surface area contributed by atoms with Crippen LogP contribution in [0.4, 0.5) is 34.1 Å². The summed E-state index contributed by atoms with van der Waals surface area (Å²) >= 11 is 0. The van der Waals surface area contributed by atoms with Crippen LogP contribution in [0.1, 0.15) is 110 Å². The van der Waals surface area contributed by atoms with Gasteiger partial charge in [-0.05, 0) is 124 Å². The van der Waals surface area contributed by atoms with E-state index < -0.39 is 48.0 Å². The van der Waals surface area contributed by atoms with Crippen molar-refractivity contribution in [1.29, 1.82) is 0 Å². The first-order valence-corrected chi connectivity index (χ1v) is 35.8. The van der Waals surface area contributed by atoms with E-state index in [1.54, 1.807) is 36.4 Å². The minimum absolute atomic E-state index is 0.0481. The van der Waals surface area contributed by atoms with Gasteiger partial charge in [-0.25, -0.2) is 52.6 Å². The van der Waals surface area contributed by atoms with Gasteiger partial charge in [0.1, 0.15) is 71.0 Å². The summed E-state index contributed by atoms with van der Waals surface area (Å²) in [5, 5.41) is 26.3. The second-order valence-electron chi connectivity index (χ2n) is 25.6. The van der Waals surface area contributed by atoms with Crippen LogP contribution in [-0.4, -0.2) is 135 Å². The minimum Gasteiger partial charge on any atom is -0.491 e. The molecule has 7 aromatic carbocycles. The van der Waals surface area contributed by atoms with Crippen molar-refractivity contribution in [1.82, 2.24) is 12.9 Å². The van der Waals surface area contributed by atoms with Gasteiger partial charge in [0.2, 0.25) is 30.1 Å². The van der Waals surface area contributed by atoms with Gasteiger partial charge in [0.15, 0.2) is 0 Å². The number of esters is 3. The number of likely N-dealkylation sites (N-methyl/N-ethyl adjacent to an activating group) is 3. The van der Waals surface area contributed by atoms with Crippen LogP contribution in [0.15, 0.2) is 176 Å². The number of rotatable bonds is 27. The third-order valence-electron chi connectivity index (χ3n) is 14.8. The molecule has 0 radical (unpaired) electrons. The van der Waals surface area contributed by atoms with E-state index in [0.717, 1.165) is 66.6 Å². The fourth-order valence-electron chi connectivity index (χ4n) is 8.59. The number of ether oxygens (including phenoxy) is 6. The van der Waals surface area contributed by atoms with Crippen LogP contribution < -0.4 is 28.4 Å². The average molecular weight is 1370 g/mol. The molecular formula is C69H81N9O15S3. The summed E-state index contributed by atoms with van der Waals surface area (Å²) in [6, 6.07) is 38.8. The number of sulfonamides is 3. The van der Waals surface area contributed by atoms with Crippen LogP contribution in [0, 0.1) is 0 Å². The van der Waals surface area contributed by atoms with Crippen molar-refractivity contribution in [2.75, 3.05) is 79.4 Å². The van der Waals surface area contributed by atoms with E-state index in [2.05, 4.69) is 93.0 Å². The smallest absolute Gasteiger partial charge is 0.347 e. The van der Waals surface area contributed by atoms with Crippen molar-refractivity contribution in [3.63, 3.8) is 0 Å². The highest BCUT2D eigenvalue weighted by atomic mass is 32.2. The van der Waals surface area contributed by atoms with E-state index in [1.165, 1.54) is 75.7 Å². The largest absolute Gasteiger partial charge is 0.491 e. The molecule has 24 nitrogen and oxygen atoms in total. The van der Waals surface area contributed by atoms with Crippen LogP contribution in [0.25, 0.3) is 0 Å². The van der Waals surface area contributed by atoms with Gasteiger partial charge < -0.3 is 28.4 Å². The maximum atomic E-state index is 14.7. The van der Waals surface area contributed by atoms with Gasteiger partial charge in [0, 0.05) is 59.0 Å². The number of carbonyl (C=O) groups is 3. The van der Waals surface area contributed by atoms with E-state index >= 15 is 0 Å². The summed E-state index contributed by atoms with van der Waals surface area (Å²) in [6.45, 7) is 17.8. The molecule has 510 valence electrons. The highest BCUT2D eigenvalue weighted by molar-refractivity contribution is 7.88. The molecule has 7 rings (SSSR count). The Balaban J connectivity index is 1.31. The lowest BCUT2D eigenvalue weighted by molar-refractivity contribution is 0.0726. The third kappa shape index (κ3) is 22.0. The van der Waals surface area contributed by atoms with E-state index in [4.69, 9.17) is 28.4 Å². The zero-order valence-electron chi connectivity index (χ0n) is 56.5. The molecule has 0 N–H and O–H groups in total. The number of hydrogen-bond donors (Lipinski definition) is 0. The van der Waals surface area contributed by atoms with Crippen LogP contribution in [0.5, 0.6) is 34.5 Å². The van der Waals surface area contributed by atoms with Crippen LogP contribution in [-0.2, 0) is 46.3 Å². The molecule has 0 spiro atoms. The van der Waals surface area contributed by atoms with Gasteiger partial charge in [-0.2, -0.15) is 30.7 Å². The summed E-state index contributed by atoms with van der Waals surface area (Å²) in [4.78, 5) is 44.2. The van der Waals surface area contributed by atoms with E-state index in [1.807, 2.05) is 36.4 Å². The predicted molar refractivity (Wildman–Crippen MR) is 368 cm³/mol. The molecule has 7 aromatic rings. The first-order chi connectivity index (χ1) is 44.8. The molecule has 96 heavy (non-hydrogen) atoms. The predicted octanol–water partition coefficient (Wildman–Crippen LogP) is 14.3. The Labute approximate surface area is 562 Å². The van der Waals surface area contributed by atoms with Crippen molar-refractivity contribution in [2.45, 2.75) is 78.6 Å². The quantitative estimate of drug-likeness (QED) is 0.0263. The maximum absolute atomic E-state index is 14.7. The molecule has 0 bridgehead atoms. The van der Waals surface area contributed by atoms with Crippen molar-refractivity contribution in [3.05, 3.63) is 179 Å². The van der Waals surface area contributed by atoms with Gasteiger partial charge >= 0.3 is 17.9 Å². The second-order valence-corrected chi connectivity index (χ2v) is 31.9. The topological polar surface area (TPSA) is 293 Å². The van der Waals surface area contributed by atoms with Gasteiger partial charge in [-0.3, -0.25) is 0 Å². The monoisotopic (exact) mass is 1370 g/mol. The molecule has 0 heterocycles. The molecule has 0 aromatic heterocycles. The van der Waals surface area contributed by atoms with Crippen molar-refractivity contribution in [3.8, 4) is 34.5 Å². The minimum atomic E-state index is -3.62. The average Bonchev–Trinajstić information content (AvgIpc) is 0.836. The zero-order valence-corrected chi connectivity index (χ0v) is 58.9. The Kier molecular flexibility index (Phi) is 24.1. The molecule has 0 amide bonds. The molecule has 0 saturated heterocycles. The Hall–Kier alpha value is -9.12. The molecule has 0 fully saturated rings. The first kappa shape index (κ1) is 74.3. The van der Waals surface area contributed by atoms with Crippen LogP contribution >= 0.6 is 0 Å². The van der Waals surface area contributed by atoms with E-state index in [0.29, 0.717) is 17.1 Å². The summed E-state index contributed by atoms with van der Waals surface area (Å²) in [6.07, 6.45) is 3.10. The van der Waals surface area contributed by atoms with Gasteiger partial charge in [-0.15, -0.1) is 0 Å². The first-order valence-electron chi connectivity index (χ1n) is 30.2. The summed E-state index contributed by atoms with van der Waals surface area (Å²) in [5.41, 5.74) is 4.28. The Morgan fingerprint density at radius 3 is 0.750 bits per heavy atom. The number of nitrogens with zero attached hydrogens (tertiary/aromatic N) is 9. The molecule has 0 saturated carbocycles. The lowest BCUT2D eigenvalue weighted by Gasteiger charge is -2.18. The Morgan fingerprint density at radius 1 is 0.333 bits per heavy atom. The second kappa shape index (κ2) is 31.2. The highest BCUT2D eigenvalue weighted by Crippen LogP contribution is 2.37. The van der Waals surface area contributed by atoms with Crippen LogP contribution in [0.3, 0.4) is 0 Å². The lowest BCUT2D eigenvalue weighted by atomic mass is 9.87. The SMILES string of the molecule is CN(CCOc1ccc(N=Nc2ccc(C(C)(C)C)cc2)cc1C(=O)Oc1cc(OC(=O)c2cc(N=Nc3ccc(C(C)(C)C)cc3)ccc2OCCN(C)S(C)(=O)=O)cc(OC(=O)c2cc(N=Nc3ccc(C(C)(C)C)cc3)ccc2OCCN(C)S(C)(=O)=O)c1)S(C)(=O)=O. The summed E-state index contributed by atoms with van der Waals surface area (Å²) < 4.78 is 113. The van der Waals surface area contributed by atoms with E-state index in [9.17, 15) is 39.6 Å². The summed E-state index contributed by atoms with van der Waals surface area (Å²) in [5.74, 6) is -4.44. The highest BCUT2D eigenvalue weighted by Gasteiger charge is 2.25. The van der Waals surface area contributed by atoms with Crippen molar-refractivity contribution < 1.29 is 68.1 Å². The summed E-state index contributed by atoms with van der Waals surface area (Å²) in [7, 11) is -6.77. The third-order valence-corrected chi connectivity index (χ3v) is 18.7. The molecular weight excluding hydrogens is 1290 g/mol. The van der Waals surface area contributed by atoms with Gasteiger partial charge in [-0.1, -0.05) is 98.7 Å². The maximum Gasteiger partial charge on any atom is 0.347 e. The van der Waals surface area contributed by atoms with E-state index in [-0.39, 0.29) is 124 Å². The number of azo groups is 3. The fraction of sp³-hybridized carbons (Fsp3) is 0.348. The lowest BCUT2D eigenvalue weighted by Crippen LogP contribution is -2.30. The Morgan fingerprint density at radius 2 is 0.542 bits per heavy atom. The number of benzene rings is 7. The molecule has 0 aliphatic heterocycles. The molecule has 27 heteroatoms. The zero-order chi connectivity index (χ0) is 70.6. The molecule has 0 aliphatic rings. The molecule has 0 aliphatic carbocycles. The molecule has 0 atom stereocenters. The van der Waals surface area contributed by atoms with Crippen LogP contribution in [0.2, 0.25) is 0 Å². The number of hydrogen-bond acceptors (Lipinski definition) is 21. The Bertz CT molecular complexity index is 3940. The number of carbonyl (C=O) groups excluding carboxylic acids is 3. The fourth-order valence-corrected chi connectivity index (χ4v) is 9.80. The standard InChI is InChI=1S/C69H81N9O15S3/c1-67(2,3)46-16-22-49(23-17-46)70-73-52-28-31-61(88-37-34-76(10)94(13,82)83)58(40-52)64(79)91-55-43-56(92-65(80)59-41-53(29-32-62(59)89-38-35-77(11)95(14,84)85)74-71-50-24-18-47(19-25-50)68(4,5)6)45-57(44-55)93-66(81)60-42-54(30-33-63(60)90-39-36-78(12)96(15,86)87)75-72-51-26-20-48(21-27-51)69(7,8)9/h16-33,40-45H,34-39H2,1-15H3. The van der Waals surface area contributed by atoms with Gasteiger partial charge in [0.05, 0.1) is 52.9 Å². The van der Waals surface area contributed by atoms with Gasteiger partial charge in [0.25, 0.3) is 0 Å². The molecule has 0 unspecified atom stereocenters. The van der Waals surface area contributed by atoms with Crippen molar-refractivity contribution in [2.24, 2.45) is 30.7 Å². The normalized spacial score (nSPS) is 12.7.